The molecule has 6 heteroatoms. The molecule has 306 valence electrons. The van der Waals surface area contributed by atoms with Crippen LogP contribution in [0.25, 0.3) is 0 Å². The van der Waals surface area contributed by atoms with Gasteiger partial charge in [0.25, 0.3) is 0 Å². The Morgan fingerprint density at radius 1 is 0.577 bits per heavy atom. The van der Waals surface area contributed by atoms with E-state index in [4.69, 9.17) is 18.9 Å². The molecule has 0 saturated carbocycles. The number of allylic oxidation sites excluding steroid dienone is 4. The van der Waals surface area contributed by atoms with Gasteiger partial charge in [-0.25, -0.2) is 0 Å². The first-order valence-electron chi connectivity index (χ1n) is 22.6. The van der Waals surface area contributed by atoms with Gasteiger partial charge in [-0.05, 0) is 78.3 Å². The number of hydrogen-bond acceptors (Lipinski definition) is 6. The van der Waals surface area contributed by atoms with E-state index in [1.165, 1.54) is 167 Å². The van der Waals surface area contributed by atoms with Crippen LogP contribution in [0.5, 0.6) is 0 Å². The van der Waals surface area contributed by atoms with Gasteiger partial charge in [0.15, 0.2) is 6.29 Å². The van der Waals surface area contributed by atoms with Gasteiger partial charge >= 0.3 is 5.97 Å². The van der Waals surface area contributed by atoms with Crippen LogP contribution in [0.4, 0.5) is 0 Å². The van der Waals surface area contributed by atoms with Crippen LogP contribution in [-0.4, -0.2) is 69.8 Å². The van der Waals surface area contributed by atoms with Crippen molar-refractivity contribution < 1.29 is 23.7 Å². The number of carbonyl (C=O) groups excluding carboxylic acids is 1. The van der Waals surface area contributed by atoms with Gasteiger partial charge in [0.2, 0.25) is 0 Å². The zero-order valence-electron chi connectivity index (χ0n) is 35.1. The fraction of sp³-hybridized carbons (Fsp3) is 0.891. The summed E-state index contributed by atoms with van der Waals surface area (Å²) in [5, 5.41) is 0. The van der Waals surface area contributed by atoms with Gasteiger partial charge in [-0.15, -0.1) is 0 Å². The molecule has 1 saturated heterocycles. The standard InChI is InChI=1S/C46H87NO5/c1-5-7-9-11-13-15-17-19-21-23-25-27-29-31-33-35-39-49-44-41-43(42-51-45(48)37-38-47(3)4)52-46(44)50-40-36-34-32-30-28-26-24-22-20-18-16-14-12-10-8-6-2/h19-22,43-44,46H,5-18,23-42H2,1-4H3/b21-19-,22-20-/t43-,44?,46+/m0/s1. The maximum absolute atomic E-state index is 12.2. The average molecular weight is 734 g/mol. The van der Waals surface area contributed by atoms with E-state index in [2.05, 4.69) is 38.2 Å². The highest BCUT2D eigenvalue weighted by molar-refractivity contribution is 5.69. The van der Waals surface area contributed by atoms with E-state index in [1.807, 2.05) is 19.0 Å². The highest BCUT2D eigenvalue weighted by atomic mass is 16.7. The Morgan fingerprint density at radius 2 is 0.981 bits per heavy atom. The van der Waals surface area contributed by atoms with Gasteiger partial charge in [0, 0.05) is 26.2 Å². The lowest BCUT2D eigenvalue weighted by atomic mass is 10.1. The predicted octanol–water partition coefficient (Wildman–Crippen LogP) is 13.1. The topological polar surface area (TPSA) is 57.2 Å². The van der Waals surface area contributed by atoms with Gasteiger partial charge < -0.3 is 23.8 Å². The molecule has 0 amide bonds. The molecule has 0 aromatic rings. The summed E-state index contributed by atoms with van der Waals surface area (Å²) in [4.78, 5) is 14.2. The smallest absolute Gasteiger partial charge is 0.307 e. The van der Waals surface area contributed by atoms with Crippen LogP contribution in [0.1, 0.15) is 206 Å². The van der Waals surface area contributed by atoms with Crippen LogP contribution >= 0.6 is 0 Å². The van der Waals surface area contributed by atoms with Gasteiger partial charge in [-0.1, -0.05) is 154 Å². The third-order valence-electron chi connectivity index (χ3n) is 10.2. The minimum atomic E-state index is -0.372. The maximum Gasteiger partial charge on any atom is 0.307 e. The summed E-state index contributed by atoms with van der Waals surface area (Å²) >= 11 is 0. The van der Waals surface area contributed by atoms with Crippen molar-refractivity contribution in [2.45, 2.75) is 225 Å². The molecule has 0 aromatic heterocycles. The SMILES string of the molecule is CCCCCCCC/C=C\CCCCCCCCOC1C[C@@H](COC(=O)CCN(C)C)O[C@H]1OCCCCCCCC/C=C\CCCCCCCC. The number of nitrogens with zero attached hydrogens (tertiary/aromatic N) is 1. The first-order valence-corrected chi connectivity index (χ1v) is 22.6. The molecule has 0 spiro atoms. The fourth-order valence-electron chi connectivity index (χ4n) is 6.81. The molecule has 0 aliphatic carbocycles. The lowest BCUT2D eigenvalue weighted by Gasteiger charge is -2.19. The third-order valence-corrected chi connectivity index (χ3v) is 10.2. The summed E-state index contributed by atoms with van der Waals surface area (Å²) in [7, 11) is 3.93. The van der Waals surface area contributed by atoms with E-state index in [0.717, 1.165) is 19.4 Å². The first-order chi connectivity index (χ1) is 25.6. The molecule has 1 fully saturated rings. The van der Waals surface area contributed by atoms with E-state index in [-0.39, 0.29) is 31.1 Å². The number of esters is 1. The van der Waals surface area contributed by atoms with Crippen molar-refractivity contribution in [1.29, 1.82) is 0 Å². The van der Waals surface area contributed by atoms with E-state index in [1.54, 1.807) is 0 Å². The maximum atomic E-state index is 12.2. The van der Waals surface area contributed by atoms with Crippen molar-refractivity contribution in [3.63, 3.8) is 0 Å². The Bertz CT molecular complexity index is 763. The zero-order chi connectivity index (χ0) is 37.6. The van der Waals surface area contributed by atoms with Gasteiger partial charge in [0.05, 0.1) is 12.5 Å². The summed E-state index contributed by atoms with van der Waals surface area (Å²) in [5.41, 5.74) is 0. The molecule has 0 N–H and O–H groups in total. The van der Waals surface area contributed by atoms with Crippen molar-refractivity contribution in [3.8, 4) is 0 Å². The van der Waals surface area contributed by atoms with Crippen molar-refractivity contribution >= 4 is 5.97 Å². The minimum absolute atomic E-state index is 0.0947. The molecule has 0 bridgehead atoms. The van der Waals surface area contributed by atoms with Gasteiger partial charge in [0.1, 0.15) is 12.7 Å². The molecule has 1 aliphatic heterocycles. The first kappa shape index (κ1) is 48.8. The van der Waals surface area contributed by atoms with Crippen LogP contribution in [0.2, 0.25) is 0 Å². The summed E-state index contributed by atoms with van der Waals surface area (Å²) in [6.07, 6.45) is 46.5. The molecule has 6 nitrogen and oxygen atoms in total. The molecule has 1 aliphatic rings. The van der Waals surface area contributed by atoms with Crippen LogP contribution < -0.4 is 0 Å². The fourth-order valence-corrected chi connectivity index (χ4v) is 6.81. The molecule has 1 heterocycles. The minimum Gasteiger partial charge on any atom is -0.463 e. The highest BCUT2D eigenvalue weighted by Crippen LogP contribution is 2.26. The second kappa shape index (κ2) is 38.1. The normalized spacial score (nSPS) is 17.8. The number of carbonyl (C=O) groups is 1. The molecule has 0 radical (unpaired) electrons. The van der Waals surface area contributed by atoms with Crippen LogP contribution in [0, 0.1) is 0 Å². The third kappa shape index (κ3) is 32.2. The van der Waals surface area contributed by atoms with Crippen molar-refractivity contribution in [3.05, 3.63) is 24.3 Å². The Kier molecular flexibility index (Phi) is 35.7. The second-order valence-electron chi connectivity index (χ2n) is 15.8. The number of rotatable bonds is 39. The molecule has 1 unspecified atom stereocenters. The Labute approximate surface area is 323 Å². The van der Waals surface area contributed by atoms with E-state index < -0.39 is 0 Å². The number of hydrogen-bond donors (Lipinski definition) is 0. The van der Waals surface area contributed by atoms with E-state index in [0.29, 0.717) is 26.0 Å². The predicted molar refractivity (Wildman–Crippen MR) is 222 cm³/mol. The van der Waals surface area contributed by atoms with Crippen molar-refractivity contribution in [1.82, 2.24) is 4.90 Å². The number of ether oxygens (including phenoxy) is 4. The van der Waals surface area contributed by atoms with Crippen LogP contribution in [0.15, 0.2) is 24.3 Å². The van der Waals surface area contributed by atoms with Crippen LogP contribution in [-0.2, 0) is 23.7 Å². The zero-order valence-corrected chi connectivity index (χ0v) is 35.1. The molecular formula is C46H87NO5. The quantitative estimate of drug-likeness (QED) is 0.0356. The lowest BCUT2D eigenvalue weighted by Crippen LogP contribution is -2.28. The summed E-state index contributed by atoms with van der Waals surface area (Å²) in [6, 6.07) is 0. The molecule has 1 rings (SSSR count). The Hall–Kier alpha value is -1.21. The summed E-state index contributed by atoms with van der Waals surface area (Å²) < 4.78 is 24.3. The average Bonchev–Trinajstić information content (AvgIpc) is 3.53. The van der Waals surface area contributed by atoms with Gasteiger partial charge in [-0.2, -0.15) is 0 Å². The summed E-state index contributed by atoms with van der Waals surface area (Å²) in [6.45, 7) is 6.95. The highest BCUT2D eigenvalue weighted by Gasteiger charge is 2.37. The lowest BCUT2D eigenvalue weighted by molar-refractivity contribution is -0.184. The second-order valence-corrected chi connectivity index (χ2v) is 15.8. The largest absolute Gasteiger partial charge is 0.463 e. The monoisotopic (exact) mass is 734 g/mol. The molecule has 3 atom stereocenters. The van der Waals surface area contributed by atoms with E-state index in [9.17, 15) is 4.79 Å². The molecular weight excluding hydrogens is 647 g/mol. The van der Waals surface area contributed by atoms with Crippen molar-refractivity contribution in [2.24, 2.45) is 0 Å². The Balaban J connectivity index is 2.17. The molecule has 52 heavy (non-hydrogen) atoms. The summed E-state index contributed by atoms with van der Waals surface area (Å²) in [5.74, 6) is -0.174. The Morgan fingerprint density at radius 3 is 1.42 bits per heavy atom. The van der Waals surface area contributed by atoms with Crippen LogP contribution in [0.3, 0.4) is 0 Å². The number of unbranched alkanes of at least 4 members (excludes halogenated alkanes) is 24. The van der Waals surface area contributed by atoms with Gasteiger partial charge in [-0.3, -0.25) is 4.79 Å². The van der Waals surface area contributed by atoms with Crippen molar-refractivity contribution in [2.75, 3.05) is 40.5 Å². The van der Waals surface area contributed by atoms with E-state index >= 15 is 0 Å². The molecule has 0 aromatic carbocycles.